The number of phenolic OH excluding ortho intramolecular Hbond substituents is 1. The molecule has 1 aromatic rings. The second-order valence-electron chi connectivity index (χ2n) is 14.2. The van der Waals surface area contributed by atoms with Crippen LogP contribution in [0.1, 0.15) is 79.2 Å². The van der Waals surface area contributed by atoms with Crippen LogP contribution in [0.3, 0.4) is 0 Å². The first-order chi connectivity index (χ1) is 25.4. The molecule has 54 heavy (non-hydrogen) atoms. The molecule has 0 spiro atoms. The van der Waals surface area contributed by atoms with Gasteiger partial charge in [-0.15, -0.1) is 0 Å². The lowest BCUT2D eigenvalue weighted by molar-refractivity contribution is -0.137. The van der Waals surface area contributed by atoms with E-state index in [9.17, 15) is 38.7 Å². The summed E-state index contributed by atoms with van der Waals surface area (Å²) in [5, 5.41) is 28.6. The molecular formula is C36H58N10O8. The molecule has 1 aliphatic heterocycles. The van der Waals surface area contributed by atoms with Crippen molar-refractivity contribution in [2.24, 2.45) is 28.3 Å². The van der Waals surface area contributed by atoms with Crippen molar-refractivity contribution in [3.8, 4) is 5.75 Å². The van der Waals surface area contributed by atoms with Gasteiger partial charge in [0.2, 0.25) is 41.4 Å². The molecular weight excluding hydrogens is 700 g/mol. The molecule has 0 aromatic heterocycles. The third kappa shape index (κ3) is 15.3. The van der Waals surface area contributed by atoms with E-state index in [1.807, 2.05) is 0 Å². The largest absolute Gasteiger partial charge is 0.508 e. The van der Waals surface area contributed by atoms with Gasteiger partial charge < -0.3 is 53.8 Å². The molecule has 1 saturated heterocycles. The highest BCUT2D eigenvalue weighted by atomic mass is 16.3. The summed E-state index contributed by atoms with van der Waals surface area (Å²) in [5.41, 5.74) is 11.5. The maximum atomic E-state index is 13.9. The van der Waals surface area contributed by atoms with Crippen molar-refractivity contribution in [3.63, 3.8) is 0 Å². The van der Waals surface area contributed by atoms with Crippen LogP contribution in [0.15, 0.2) is 29.3 Å². The number of nitrogens with one attached hydrogen (secondary N) is 7. The first-order valence-electron chi connectivity index (χ1n) is 18.3. The van der Waals surface area contributed by atoms with Gasteiger partial charge >= 0.3 is 0 Å². The smallest absolute Gasteiger partial charge is 0.243 e. The lowest BCUT2D eigenvalue weighted by Gasteiger charge is -2.30. The minimum atomic E-state index is -1.23. The third-order valence-corrected chi connectivity index (χ3v) is 8.76. The first-order valence-corrected chi connectivity index (χ1v) is 18.3. The number of nitrogens with zero attached hydrogens (tertiary/aromatic N) is 1. The zero-order chi connectivity index (χ0) is 40.5. The van der Waals surface area contributed by atoms with Crippen molar-refractivity contribution in [1.29, 1.82) is 0 Å². The Morgan fingerprint density at radius 1 is 0.704 bits per heavy atom. The Hall–Kier alpha value is -5.42. The van der Waals surface area contributed by atoms with E-state index >= 15 is 0 Å². The second-order valence-corrected chi connectivity index (χ2v) is 14.2. The maximum Gasteiger partial charge on any atom is 0.243 e. The number of carbonyl (C=O) groups excluding carboxylic acids is 7. The van der Waals surface area contributed by atoms with Crippen LogP contribution in [0.25, 0.3) is 0 Å². The van der Waals surface area contributed by atoms with Gasteiger partial charge in [-0.3, -0.25) is 38.6 Å². The van der Waals surface area contributed by atoms with E-state index < -0.39 is 83.5 Å². The van der Waals surface area contributed by atoms with Gasteiger partial charge in [0.1, 0.15) is 42.0 Å². The molecule has 0 unspecified atom stereocenters. The number of hydrogen-bond acceptors (Lipinski definition) is 9. The van der Waals surface area contributed by atoms with E-state index in [4.69, 9.17) is 11.5 Å². The topological polar surface area (TPSA) is 288 Å². The van der Waals surface area contributed by atoms with Crippen molar-refractivity contribution < 1.29 is 38.7 Å². The fraction of sp³-hybridized carbons (Fsp3) is 0.611. The minimum absolute atomic E-state index is 0.00228. The Kier molecular flexibility index (Phi) is 18.2. The highest BCUT2D eigenvalue weighted by Gasteiger charge is 2.35. The number of phenols is 1. The van der Waals surface area contributed by atoms with E-state index in [2.05, 4.69) is 42.2 Å². The SMILES string of the molecule is CC(=O)NCCCC[C@@H]1NC(=O)[C@H](CCCN=C(N)N)NC(=O)[C@H](C(C)C)NC(=O)[C@H](Cc2ccc(O)cc2)NC(=O)[C@H](C(C)C)NC(=O)[C@H](C)NC1=O. The van der Waals surface area contributed by atoms with Crippen molar-refractivity contribution in [2.75, 3.05) is 13.1 Å². The fourth-order valence-electron chi connectivity index (χ4n) is 5.63. The lowest BCUT2D eigenvalue weighted by Crippen LogP contribution is -2.62. The zero-order valence-electron chi connectivity index (χ0n) is 32.0. The molecule has 12 N–H and O–H groups in total. The summed E-state index contributed by atoms with van der Waals surface area (Å²) >= 11 is 0. The Labute approximate surface area is 316 Å². The van der Waals surface area contributed by atoms with Crippen molar-refractivity contribution in [1.82, 2.24) is 37.2 Å². The average molecular weight is 759 g/mol. The number of benzene rings is 1. The summed E-state index contributed by atoms with van der Waals surface area (Å²) in [6.45, 7) is 10.1. The summed E-state index contributed by atoms with van der Waals surface area (Å²) in [6.07, 6.45) is 1.31. The predicted molar refractivity (Wildman–Crippen MR) is 201 cm³/mol. The van der Waals surface area contributed by atoms with E-state index in [1.54, 1.807) is 39.8 Å². The number of aromatic hydroxyl groups is 1. The standard InChI is InChI=1S/C36H58N10O8/c1-19(2)28-35(54)44-27(18-23-12-14-24(48)15-13-23)33(52)46-29(20(3)4)34(53)43-26(11-9-17-40-36(37)38)32(51)42-25(10-7-8-16-39-22(6)47)31(50)41-21(5)30(49)45-28/h12-15,19-21,25-29,48H,7-11,16-18H2,1-6H3,(H,39,47)(H,41,50)(H,42,51)(H,43,53)(H,44,54)(H,45,49)(H,46,52)(H4,37,38,40)/t21-,25-,26-,27-,28-,29-/m0/s1. The molecule has 0 saturated carbocycles. The van der Waals surface area contributed by atoms with Gasteiger partial charge in [-0.2, -0.15) is 0 Å². The molecule has 18 nitrogen and oxygen atoms in total. The Morgan fingerprint density at radius 2 is 1.19 bits per heavy atom. The molecule has 0 bridgehead atoms. The van der Waals surface area contributed by atoms with E-state index in [0.717, 1.165) is 0 Å². The van der Waals surface area contributed by atoms with Crippen LogP contribution in [0.2, 0.25) is 0 Å². The molecule has 1 aromatic carbocycles. The number of rotatable bonds is 13. The van der Waals surface area contributed by atoms with Crippen LogP contribution in [0.4, 0.5) is 0 Å². The van der Waals surface area contributed by atoms with Crippen LogP contribution in [0, 0.1) is 11.8 Å². The van der Waals surface area contributed by atoms with E-state index in [0.29, 0.717) is 24.9 Å². The Balaban J connectivity index is 2.56. The third-order valence-electron chi connectivity index (χ3n) is 8.76. The summed E-state index contributed by atoms with van der Waals surface area (Å²) in [6, 6.07) is -0.981. The molecule has 7 amide bonds. The Bertz CT molecular complexity index is 1500. The molecule has 18 heteroatoms. The quantitative estimate of drug-likeness (QED) is 0.0634. The summed E-state index contributed by atoms with van der Waals surface area (Å²) < 4.78 is 0. The van der Waals surface area contributed by atoms with Crippen molar-refractivity contribution >= 4 is 47.3 Å². The van der Waals surface area contributed by atoms with Crippen molar-refractivity contribution in [3.05, 3.63) is 29.8 Å². The average Bonchev–Trinajstić information content (AvgIpc) is 3.09. The van der Waals surface area contributed by atoms with Crippen LogP contribution >= 0.6 is 0 Å². The van der Waals surface area contributed by atoms with Crippen LogP contribution in [-0.2, 0) is 40.0 Å². The lowest BCUT2D eigenvalue weighted by atomic mass is 9.98. The van der Waals surface area contributed by atoms with E-state index in [-0.39, 0.29) is 49.8 Å². The zero-order valence-corrected chi connectivity index (χ0v) is 32.0. The van der Waals surface area contributed by atoms with Crippen LogP contribution < -0.4 is 48.7 Å². The van der Waals surface area contributed by atoms with Crippen LogP contribution in [0.5, 0.6) is 5.75 Å². The molecule has 0 aliphatic carbocycles. The van der Waals surface area contributed by atoms with Gasteiger partial charge in [0.25, 0.3) is 0 Å². The van der Waals surface area contributed by atoms with Gasteiger partial charge in [0.05, 0.1) is 0 Å². The second kappa shape index (κ2) is 21.9. The number of aliphatic imine (C=N–C) groups is 1. The molecule has 2 rings (SSSR count). The highest BCUT2D eigenvalue weighted by Crippen LogP contribution is 2.14. The van der Waals surface area contributed by atoms with Gasteiger partial charge in [-0.1, -0.05) is 39.8 Å². The number of unbranched alkanes of at least 4 members (excludes halogenated alkanes) is 1. The van der Waals surface area contributed by atoms with Gasteiger partial charge in [-0.05, 0) is 68.6 Å². The first kappa shape index (κ1) is 44.7. The van der Waals surface area contributed by atoms with Crippen molar-refractivity contribution in [2.45, 2.75) is 116 Å². The molecule has 6 atom stereocenters. The highest BCUT2D eigenvalue weighted by molar-refractivity contribution is 5.98. The number of carbonyl (C=O) groups is 7. The summed E-state index contributed by atoms with van der Waals surface area (Å²) in [5.74, 6) is -5.42. The predicted octanol–water partition coefficient (Wildman–Crippen LogP) is -1.45. The van der Waals surface area contributed by atoms with Gasteiger partial charge in [-0.25, -0.2) is 0 Å². The summed E-state index contributed by atoms with van der Waals surface area (Å²) in [4.78, 5) is 97.7. The fourth-order valence-corrected chi connectivity index (χ4v) is 5.63. The number of amides is 7. The Morgan fingerprint density at radius 3 is 1.72 bits per heavy atom. The molecule has 1 heterocycles. The normalized spacial score (nSPS) is 23.5. The number of guanidine groups is 1. The molecule has 1 fully saturated rings. The number of nitrogens with two attached hydrogens (primary N) is 2. The monoisotopic (exact) mass is 758 g/mol. The molecule has 1 aliphatic rings. The van der Waals surface area contributed by atoms with Gasteiger partial charge in [0.15, 0.2) is 5.96 Å². The summed E-state index contributed by atoms with van der Waals surface area (Å²) in [7, 11) is 0. The number of hydrogen-bond donors (Lipinski definition) is 10. The minimum Gasteiger partial charge on any atom is -0.508 e. The molecule has 300 valence electrons. The van der Waals surface area contributed by atoms with Crippen LogP contribution in [-0.4, -0.2) is 102 Å². The maximum absolute atomic E-state index is 13.9. The van der Waals surface area contributed by atoms with Gasteiger partial charge in [0, 0.05) is 26.4 Å². The van der Waals surface area contributed by atoms with E-state index in [1.165, 1.54) is 26.0 Å². The molecule has 0 radical (unpaired) electrons.